The normalized spacial score (nSPS) is 34.3. The number of rotatable bonds is 4. The van der Waals surface area contributed by atoms with Gasteiger partial charge < -0.3 is 10.1 Å². The van der Waals surface area contributed by atoms with Crippen LogP contribution in [-0.2, 0) is 11.3 Å². The summed E-state index contributed by atoms with van der Waals surface area (Å²) in [6, 6.07) is 0.596. The largest absolute Gasteiger partial charge is 0.379 e. The first-order chi connectivity index (χ1) is 9.70. The quantitative estimate of drug-likeness (QED) is 0.918. The maximum atomic E-state index is 5.67. The van der Waals surface area contributed by atoms with Crippen molar-refractivity contribution in [2.24, 2.45) is 11.8 Å². The summed E-state index contributed by atoms with van der Waals surface area (Å²) < 4.78 is 7.69. The molecule has 1 saturated heterocycles. The molecule has 0 bridgehead atoms. The van der Waals surface area contributed by atoms with Crippen LogP contribution in [0, 0.1) is 11.8 Å². The third kappa shape index (κ3) is 3.35. The Kier molecular flexibility index (Phi) is 4.29. The molecule has 0 radical (unpaired) electrons. The standard InChI is InChI=1S/C16H27N3O/c1-12-5-6-13(2)16(8-12)18-14-9-17-19(10-14)11-15-4-3-7-20-15/h9-10,12-13,15-16,18H,3-8,11H2,1-2H3. The molecule has 2 fully saturated rings. The second kappa shape index (κ2) is 6.17. The minimum Gasteiger partial charge on any atom is -0.379 e. The van der Waals surface area contributed by atoms with Crippen LogP contribution >= 0.6 is 0 Å². The highest BCUT2D eigenvalue weighted by molar-refractivity contribution is 5.39. The van der Waals surface area contributed by atoms with Crippen molar-refractivity contribution in [2.45, 2.75) is 64.6 Å². The van der Waals surface area contributed by atoms with Gasteiger partial charge in [-0.05, 0) is 37.5 Å². The molecule has 112 valence electrons. The van der Waals surface area contributed by atoms with Gasteiger partial charge in [-0.15, -0.1) is 0 Å². The molecule has 20 heavy (non-hydrogen) atoms. The van der Waals surface area contributed by atoms with Crippen molar-refractivity contribution in [2.75, 3.05) is 11.9 Å². The molecule has 1 aliphatic carbocycles. The second-order valence-corrected chi connectivity index (χ2v) is 6.73. The van der Waals surface area contributed by atoms with Crippen molar-refractivity contribution < 1.29 is 4.74 Å². The summed E-state index contributed by atoms with van der Waals surface area (Å²) in [5.74, 6) is 1.60. The van der Waals surface area contributed by atoms with Gasteiger partial charge in [0.1, 0.15) is 0 Å². The molecule has 0 aromatic carbocycles. The highest BCUT2D eigenvalue weighted by Crippen LogP contribution is 2.30. The highest BCUT2D eigenvalue weighted by Gasteiger charge is 2.25. The number of aromatic nitrogens is 2. The Labute approximate surface area is 121 Å². The van der Waals surface area contributed by atoms with Gasteiger partial charge in [0.15, 0.2) is 0 Å². The average molecular weight is 277 g/mol. The summed E-state index contributed by atoms with van der Waals surface area (Å²) >= 11 is 0. The number of nitrogens with one attached hydrogen (secondary N) is 1. The Balaban J connectivity index is 1.56. The molecular formula is C16H27N3O. The first-order valence-electron chi connectivity index (χ1n) is 8.11. The first-order valence-corrected chi connectivity index (χ1v) is 8.11. The molecule has 1 aromatic heterocycles. The fraction of sp³-hybridized carbons (Fsp3) is 0.812. The van der Waals surface area contributed by atoms with E-state index in [1.807, 2.05) is 10.9 Å². The maximum Gasteiger partial charge on any atom is 0.0771 e. The van der Waals surface area contributed by atoms with Crippen molar-refractivity contribution in [3.05, 3.63) is 12.4 Å². The zero-order chi connectivity index (χ0) is 13.9. The Morgan fingerprint density at radius 3 is 3.05 bits per heavy atom. The lowest BCUT2D eigenvalue weighted by Crippen LogP contribution is -2.33. The molecule has 1 aromatic rings. The van der Waals surface area contributed by atoms with Gasteiger partial charge in [-0.3, -0.25) is 4.68 Å². The summed E-state index contributed by atoms with van der Waals surface area (Å²) in [5, 5.41) is 8.15. The van der Waals surface area contributed by atoms with Crippen LogP contribution in [0.15, 0.2) is 12.4 Å². The second-order valence-electron chi connectivity index (χ2n) is 6.73. The fourth-order valence-electron chi connectivity index (χ4n) is 3.48. The Morgan fingerprint density at radius 2 is 2.25 bits per heavy atom. The fourth-order valence-corrected chi connectivity index (χ4v) is 3.48. The van der Waals surface area contributed by atoms with Gasteiger partial charge in [0.05, 0.1) is 24.5 Å². The summed E-state index contributed by atoms with van der Waals surface area (Å²) in [7, 11) is 0. The van der Waals surface area contributed by atoms with Crippen LogP contribution in [0.4, 0.5) is 5.69 Å². The SMILES string of the molecule is CC1CCC(C)C(Nc2cnn(CC3CCCO3)c2)C1. The van der Waals surface area contributed by atoms with E-state index in [-0.39, 0.29) is 0 Å². The van der Waals surface area contributed by atoms with Crippen LogP contribution < -0.4 is 5.32 Å². The number of nitrogens with zero attached hydrogens (tertiary/aromatic N) is 2. The van der Waals surface area contributed by atoms with Crippen LogP contribution in [0.5, 0.6) is 0 Å². The van der Waals surface area contributed by atoms with Gasteiger partial charge in [0.25, 0.3) is 0 Å². The smallest absolute Gasteiger partial charge is 0.0771 e. The highest BCUT2D eigenvalue weighted by atomic mass is 16.5. The number of anilines is 1. The molecule has 3 rings (SSSR count). The van der Waals surface area contributed by atoms with Crippen LogP contribution in [-0.4, -0.2) is 28.5 Å². The van der Waals surface area contributed by atoms with Gasteiger partial charge in [-0.25, -0.2) is 0 Å². The minimum absolute atomic E-state index is 0.358. The minimum atomic E-state index is 0.358. The van der Waals surface area contributed by atoms with Crippen LogP contribution in [0.2, 0.25) is 0 Å². The molecule has 4 nitrogen and oxygen atoms in total. The van der Waals surface area contributed by atoms with E-state index in [0.717, 1.165) is 30.7 Å². The van der Waals surface area contributed by atoms with Crippen molar-refractivity contribution in [1.82, 2.24) is 9.78 Å². The number of ether oxygens (including phenoxy) is 1. The Morgan fingerprint density at radius 1 is 1.35 bits per heavy atom. The molecule has 4 atom stereocenters. The van der Waals surface area contributed by atoms with Crippen LogP contribution in [0.1, 0.15) is 46.0 Å². The molecular weight excluding hydrogens is 250 g/mol. The lowest BCUT2D eigenvalue weighted by atomic mass is 9.80. The monoisotopic (exact) mass is 277 g/mol. The number of hydrogen-bond donors (Lipinski definition) is 1. The molecule has 1 aliphatic heterocycles. The summed E-state index contributed by atoms with van der Waals surface area (Å²) in [6.45, 7) is 6.52. The maximum absolute atomic E-state index is 5.67. The molecule has 1 saturated carbocycles. The Bertz CT molecular complexity index is 425. The van der Waals surface area contributed by atoms with Crippen molar-refractivity contribution in [3.63, 3.8) is 0 Å². The molecule has 2 heterocycles. The van der Waals surface area contributed by atoms with Gasteiger partial charge in [-0.2, -0.15) is 5.10 Å². The predicted molar refractivity (Wildman–Crippen MR) is 80.8 cm³/mol. The molecule has 0 amide bonds. The van der Waals surface area contributed by atoms with E-state index >= 15 is 0 Å². The molecule has 1 N–H and O–H groups in total. The van der Waals surface area contributed by atoms with Crippen molar-refractivity contribution in [3.8, 4) is 0 Å². The van der Waals surface area contributed by atoms with E-state index in [0.29, 0.717) is 12.1 Å². The average Bonchev–Trinajstić information content (AvgIpc) is 3.07. The van der Waals surface area contributed by atoms with E-state index in [4.69, 9.17) is 4.74 Å². The van der Waals surface area contributed by atoms with E-state index in [2.05, 4.69) is 30.5 Å². The van der Waals surface area contributed by atoms with E-state index in [1.165, 1.54) is 32.1 Å². The van der Waals surface area contributed by atoms with Gasteiger partial charge in [-0.1, -0.05) is 20.3 Å². The van der Waals surface area contributed by atoms with Crippen LogP contribution in [0.3, 0.4) is 0 Å². The topological polar surface area (TPSA) is 39.1 Å². The molecule has 0 spiro atoms. The van der Waals surface area contributed by atoms with Gasteiger partial charge >= 0.3 is 0 Å². The van der Waals surface area contributed by atoms with Gasteiger partial charge in [0, 0.05) is 18.8 Å². The first kappa shape index (κ1) is 13.9. The van der Waals surface area contributed by atoms with E-state index < -0.39 is 0 Å². The summed E-state index contributed by atoms with van der Waals surface area (Å²) in [5.41, 5.74) is 1.16. The Hall–Kier alpha value is -1.03. The predicted octanol–water partition coefficient (Wildman–Crippen LogP) is 3.30. The van der Waals surface area contributed by atoms with Crippen molar-refractivity contribution in [1.29, 1.82) is 0 Å². The van der Waals surface area contributed by atoms with Crippen LogP contribution in [0.25, 0.3) is 0 Å². The lowest BCUT2D eigenvalue weighted by molar-refractivity contribution is 0.0940. The molecule has 2 aliphatic rings. The summed E-state index contributed by atoms with van der Waals surface area (Å²) in [4.78, 5) is 0. The van der Waals surface area contributed by atoms with Gasteiger partial charge in [0.2, 0.25) is 0 Å². The molecule has 4 heteroatoms. The zero-order valence-corrected chi connectivity index (χ0v) is 12.7. The van der Waals surface area contributed by atoms with Crippen molar-refractivity contribution >= 4 is 5.69 Å². The zero-order valence-electron chi connectivity index (χ0n) is 12.7. The third-order valence-electron chi connectivity index (χ3n) is 4.86. The number of hydrogen-bond acceptors (Lipinski definition) is 3. The van der Waals surface area contributed by atoms with E-state index in [1.54, 1.807) is 0 Å². The molecule has 4 unspecified atom stereocenters. The third-order valence-corrected chi connectivity index (χ3v) is 4.86. The van der Waals surface area contributed by atoms with E-state index in [9.17, 15) is 0 Å². The lowest BCUT2D eigenvalue weighted by Gasteiger charge is -2.33. The summed E-state index contributed by atoms with van der Waals surface area (Å²) in [6.07, 6.45) is 10.8.